The first-order valence-electron chi connectivity index (χ1n) is 5.64. The quantitative estimate of drug-likeness (QED) is 0.468. The standard InChI is InChI=1S/C13H16O4/c1-2-3-6-10-7-4-5-8-11(10)17-13(16)9-12(14)15/h4-5,7-8H,2-3,6,9H2,1H3,(H,14,15). The second kappa shape index (κ2) is 6.68. The van der Waals surface area contributed by atoms with E-state index in [0.29, 0.717) is 5.75 Å². The van der Waals surface area contributed by atoms with Crippen LogP contribution in [0.4, 0.5) is 0 Å². The highest BCUT2D eigenvalue weighted by Gasteiger charge is 2.12. The smallest absolute Gasteiger partial charge is 0.322 e. The van der Waals surface area contributed by atoms with Crippen LogP contribution in [-0.4, -0.2) is 17.0 Å². The molecule has 0 fully saturated rings. The second-order valence-corrected chi connectivity index (χ2v) is 3.76. The Labute approximate surface area is 100 Å². The van der Waals surface area contributed by atoms with Crippen LogP contribution < -0.4 is 4.74 Å². The van der Waals surface area contributed by atoms with Gasteiger partial charge in [0.25, 0.3) is 0 Å². The molecule has 0 atom stereocenters. The minimum atomic E-state index is -1.18. The first kappa shape index (κ1) is 13.2. The topological polar surface area (TPSA) is 63.6 Å². The summed E-state index contributed by atoms with van der Waals surface area (Å²) in [6.45, 7) is 2.08. The van der Waals surface area contributed by atoms with Crippen LogP contribution in [0.1, 0.15) is 31.7 Å². The first-order chi connectivity index (χ1) is 8.13. The third-order valence-electron chi connectivity index (χ3n) is 2.29. The van der Waals surface area contributed by atoms with Crippen LogP contribution in [0.25, 0.3) is 0 Å². The van der Waals surface area contributed by atoms with Crippen LogP contribution in [0, 0.1) is 0 Å². The third kappa shape index (κ3) is 4.68. The summed E-state index contributed by atoms with van der Waals surface area (Å²) in [7, 11) is 0. The number of hydrogen-bond acceptors (Lipinski definition) is 3. The van der Waals surface area contributed by atoms with E-state index >= 15 is 0 Å². The Kier molecular flexibility index (Phi) is 5.20. The average molecular weight is 236 g/mol. The molecule has 0 aromatic heterocycles. The molecule has 0 saturated heterocycles. The van der Waals surface area contributed by atoms with E-state index < -0.39 is 18.4 Å². The highest BCUT2D eigenvalue weighted by atomic mass is 16.5. The summed E-state index contributed by atoms with van der Waals surface area (Å²) in [6, 6.07) is 7.21. The van der Waals surface area contributed by atoms with Crippen LogP contribution in [-0.2, 0) is 16.0 Å². The Morgan fingerprint density at radius 2 is 2.00 bits per heavy atom. The van der Waals surface area contributed by atoms with E-state index in [1.165, 1.54) is 0 Å². The molecule has 1 aromatic rings. The second-order valence-electron chi connectivity index (χ2n) is 3.76. The largest absolute Gasteiger partial charge is 0.481 e. The number of carbonyl (C=O) groups excluding carboxylic acids is 1. The van der Waals surface area contributed by atoms with Gasteiger partial charge in [0.15, 0.2) is 0 Å². The van der Waals surface area contributed by atoms with Crippen molar-refractivity contribution in [3.05, 3.63) is 29.8 Å². The van der Waals surface area contributed by atoms with Gasteiger partial charge in [-0.05, 0) is 24.5 Å². The molecule has 0 spiro atoms. The highest BCUT2D eigenvalue weighted by molar-refractivity contribution is 5.91. The molecule has 0 heterocycles. The summed E-state index contributed by atoms with van der Waals surface area (Å²) in [5.74, 6) is -1.45. The molecule has 0 saturated carbocycles. The van der Waals surface area contributed by atoms with Crippen LogP contribution >= 0.6 is 0 Å². The van der Waals surface area contributed by atoms with E-state index in [4.69, 9.17) is 9.84 Å². The summed E-state index contributed by atoms with van der Waals surface area (Å²) < 4.78 is 5.03. The molecule has 0 unspecified atom stereocenters. The number of benzene rings is 1. The fraction of sp³-hybridized carbons (Fsp3) is 0.385. The zero-order chi connectivity index (χ0) is 12.7. The van der Waals surface area contributed by atoms with Gasteiger partial charge in [0.05, 0.1) is 0 Å². The Morgan fingerprint density at radius 3 is 2.65 bits per heavy atom. The van der Waals surface area contributed by atoms with Gasteiger partial charge >= 0.3 is 11.9 Å². The monoisotopic (exact) mass is 236 g/mol. The zero-order valence-corrected chi connectivity index (χ0v) is 9.81. The molecule has 4 nitrogen and oxygen atoms in total. The molecule has 1 aromatic carbocycles. The molecule has 17 heavy (non-hydrogen) atoms. The lowest BCUT2D eigenvalue weighted by molar-refractivity contribution is -0.145. The lowest BCUT2D eigenvalue weighted by Gasteiger charge is -2.08. The van der Waals surface area contributed by atoms with E-state index in [2.05, 4.69) is 6.92 Å². The Morgan fingerprint density at radius 1 is 1.29 bits per heavy atom. The number of carboxylic acid groups (broad SMARTS) is 1. The maximum Gasteiger partial charge on any atom is 0.322 e. The molecule has 0 radical (unpaired) electrons. The summed E-state index contributed by atoms with van der Waals surface area (Å²) >= 11 is 0. The summed E-state index contributed by atoms with van der Waals surface area (Å²) in [5, 5.41) is 8.47. The van der Waals surface area contributed by atoms with Crippen molar-refractivity contribution >= 4 is 11.9 Å². The molecule has 0 amide bonds. The van der Waals surface area contributed by atoms with Gasteiger partial charge in [0, 0.05) is 0 Å². The van der Waals surface area contributed by atoms with Crippen LogP contribution in [0.2, 0.25) is 0 Å². The molecule has 0 aliphatic heterocycles. The highest BCUT2D eigenvalue weighted by Crippen LogP contribution is 2.20. The molecule has 92 valence electrons. The zero-order valence-electron chi connectivity index (χ0n) is 9.81. The van der Waals surface area contributed by atoms with Crippen molar-refractivity contribution in [3.8, 4) is 5.75 Å². The van der Waals surface area contributed by atoms with Gasteiger partial charge < -0.3 is 9.84 Å². The summed E-state index contributed by atoms with van der Waals surface area (Å²) in [5.41, 5.74) is 0.938. The number of aryl methyl sites for hydroxylation is 1. The van der Waals surface area contributed by atoms with Gasteiger partial charge in [-0.15, -0.1) is 0 Å². The Bertz CT molecular complexity index is 398. The third-order valence-corrected chi connectivity index (χ3v) is 2.29. The Hall–Kier alpha value is -1.84. The predicted molar refractivity (Wildman–Crippen MR) is 62.9 cm³/mol. The number of carboxylic acids is 1. The van der Waals surface area contributed by atoms with Gasteiger partial charge in [-0.25, -0.2) is 0 Å². The van der Waals surface area contributed by atoms with E-state index in [1.54, 1.807) is 12.1 Å². The molecule has 0 bridgehead atoms. The average Bonchev–Trinajstić information content (AvgIpc) is 2.26. The van der Waals surface area contributed by atoms with E-state index in [9.17, 15) is 9.59 Å². The van der Waals surface area contributed by atoms with Crippen molar-refractivity contribution < 1.29 is 19.4 Å². The molecule has 4 heteroatoms. The number of para-hydroxylation sites is 1. The van der Waals surface area contributed by atoms with E-state index in [1.807, 2.05) is 12.1 Å². The van der Waals surface area contributed by atoms with Crippen molar-refractivity contribution in [2.24, 2.45) is 0 Å². The van der Waals surface area contributed by atoms with Gasteiger partial charge in [-0.1, -0.05) is 31.5 Å². The number of aliphatic carboxylic acids is 1. The number of esters is 1. The number of rotatable bonds is 6. The molecule has 0 aliphatic rings. The van der Waals surface area contributed by atoms with Crippen LogP contribution in [0.5, 0.6) is 5.75 Å². The minimum Gasteiger partial charge on any atom is -0.481 e. The van der Waals surface area contributed by atoms with Crippen molar-refractivity contribution in [2.45, 2.75) is 32.6 Å². The van der Waals surface area contributed by atoms with Crippen molar-refractivity contribution in [1.29, 1.82) is 0 Å². The van der Waals surface area contributed by atoms with Crippen molar-refractivity contribution in [2.75, 3.05) is 0 Å². The van der Waals surface area contributed by atoms with E-state index in [-0.39, 0.29) is 0 Å². The SMILES string of the molecule is CCCCc1ccccc1OC(=O)CC(=O)O. The molecular weight excluding hydrogens is 220 g/mol. The normalized spacial score (nSPS) is 9.94. The summed E-state index contributed by atoms with van der Waals surface area (Å²) in [4.78, 5) is 21.6. The van der Waals surface area contributed by atoms with Gasteiger partial charge in [-0.2, -0.15) is 0 Å². The van der Waals surface area contributed by atoms with Crippen molar-refractivity contribution in [3.63, 3.8) is 0 Å². The fourth-order valence-electron chi connectivity index (χ4n) is 1.46. The van der Waals surface area contributed by atoms with Crippen molar-refractivity contribution in [1.82, 2.24) is 0 Å². The van der Waals surface area contributed by atoms with Crippen LogP contribution in [0.15, 0.2) is 24.3 Å². The molecule has 1 rings (SSSR count). The Balaban J connectivity index is 2.69. The number of carbonyl (C=O) groups is 2. The number of ether oxygens (including phenoxy) is 1. The molecule has 0 aliphatic carbocycles. The molecular formula is C13H16O4. The predicted octanol–water partition coefficient (Wildman–Crippen LogP) is 2.41. The maximum atomic E-state index is 11.2. The lowest BCUT2D eigenvalue weighted by Crippen LogP contribution is -2.14. The van der Waals surface area contributed by atoms with Gasteiger partial charge in [-0.3, -0.25) is 9.59 Å². The number of hydrogen-bond donors (Lipinski definition) is 1. The van der Waals surface area contributed by atoms with Gasteiger partial charge in [0.1, 0.15) is 12.2 Å². The fourth-order valence-corrected chi connectivity index (χ4v) is 1.46. The molecule has 1 N–H and O–H groups in total. The first-order valence-corrected chi connectivity index (χ1v) is 5.64. The van der Waals surface area contributed by atoms with E-state index in [0.717, 1.165) is 24.8 Å². The number of unbranched alkanes of at least 4 members (excludes halogenated alkanes) is 1. The lowest BCUT2D eigenvalue weighted by atomic mass is 10.1. The van der Waals surface area contributed by atoms with Gasteiger partial charge in [0.2, 0.25) is 0 Å². The summed E-state index contributed by atoms with van der Waals surface area (Å²) in [6.07, 6.45) is 2.28. The minimum absolute atomic E-state index is 0.465. The van der Waals surface area contributed by atoms with Crippen LogP contribution in [0.3, 0.4) is 0 Å². The maximum absolute atomic E-state index is 11.2.